The number of rotatable bonds is 6. The lowest BCUT2D eigenvalue weighted by Gasteiger charge is -2.10. The fourth-order valence-electron chi connectivity index (χ4n) is 2.46. The summed E-state index contributed by atoms with van der Waals surface area (Å²) in [7, 11) is 0. The van der Waals surface area contributed by atoms with Crippen molar-refractivity contribution in [1.82, 2.24) is 0 Å². The molecule has 2 atom stereocenters. The summed E-state index contributed by atoms with van der Waals surface area (Å²) in [6.45, 7) is 12.6. The predicted octanol–water partition coefficient (Wildman–Crippen LogP) is 7.98. The van der Waals surface area contributed by atoms with Crippen molar-refractivity contribution in [3.05, 3.63) is 83.9 Å². The van der Waals surface area contributed by atoms with Crippen LogP contribution in [0.5, 0.6) is 0 Å². The van der Waals surface area contributed by atoms with Gasteiger partial charge in [0.05, 0.1) is 0 Å². The molecule has 0 heteroatoms. The maximum absolute atomic E-state index is 2.33. The predicted molar refractivity (Wildman–Crippen MR) is 111 cm³/mol. The normalized spacial score (nSPS) is 12.4. The van der Waals surface area contributed by atoms with Gasteiger partial charge in [-0.3, -0.25) is 0 Å². The van der Waals surface area contributed by atoms with E-state index in [2.05, 4.69) is 86.7 Å². The minimum Gasteiger partial charge on any atom is -0.0879 e. The molecule has 0 radical (unpaired) electrons. The van der Waals surface area contributed by atoms with Crippen LogP contribution in [0.4, 0.5) is 0 Å². The van der Waals surface area contributed by atoms with Crippen LogP contribution in [0.15, 0.2) is 72.8 Å². The summed E-state index contributed by atoms with van der Waals surface area (Å²) >= 11 is 0. The Hall–Kier alpha value is -1.82. The first-order valence-corrected chi connectivity index (χ1v) is 9.54. The molecule has 24 heavy (non-hydrogen) atoms. The summed E-state index contributed by atoms with van der Waals surface area (Å²) in [5.41, 5.74) is 2.83. The van der Waals surface area contributed by atoms with E-state index in [1.165, 1.54) is 17.5 Å². The third-order valence-electron chi connectivity index (χ3n) is 3.89. The number of hydrogen-bond acceptors (Lipinski definition) is 0. The van der Waals surface area contributed by atoms with Gasteiger partial charge in [0.15, 0.2) is 0 Å². The molecular weight excluding hydrogens is 288 g/mol. The van der Waals surface area contributed by atoms with Crippen LogP contribution in [-0.2, 0) is 0 Å². The Morgan fingerprint density at radius 1 is 0.708 bits per heavy atom. The molecule has 2 aromatic rings. The average molecular weight is 325 g/mol. The Kier molecular flexibility index (Phi) is 13.6. The van der Waals surface area contributed by atoms with Gasteiger partial charge in [0, 0.05) is 0 Å². The molecule has 132 valence electrons. The standard InChI is InChI=1S/C20H24.2C2H6/c1-17(19-13-5-3-6-14-19)11-9-10-12-18(2)20-15-7-4-8-16-20;2*1-2/h3-9,11,13-18H,10,12H2,1-2H3;2*1-2H3/b11-9+;;. The van der Waals surface area contributed by atoms with Gasteiger partial charge in [-0.05, 0) is 35.8 Å². The molecule has 2 rings (SSSR count). The highest BCUT2D eigenvalue weighted by molar-refractivity contribution is 5.23. The van der Waals surface area contributed by atoms with Crippen LogP contribution in [0.1, 0.15) is 77.3 Å². The molecule has 0 aromatic heterocycles. The summed E-state index contributed by atoms with van der Waals surface area (Å²) in [5.74, 6) is 1.14. The van der Waals surface area contributed by atoms with E-state index in [1.54, 1.807) is 0 Å². The lowest BCUT2D eigenvalue weighted by molar-refractivity contribution is 0.689. The molecule has 0 saturated heterocycles. The number of benzene rings is 2. The van der Waals surface area contributed by atoms with Gasteiger partial charge in [0.1, 0.15) is 0 Å². The highest BCUT2D eigenvalue weighted by Gasteiger charge is 2.03. The fraction of sp³-hybridized carbons (Fsp3) is 0.417. The summed E-state index contributed by atoms with van der Waals surface area (Å²) in [6.07, 6.45) is 7.01. The van der Waals surface area contributed by atoms with E-state index in [1.807, 2.05) is 27.7 Å². The van der Waals surface area contributed by atoms with E-state index in [9.17, 15) is 0 Å². The maximum Gasteiger partial charge on any atom is -0.00104 e. The summed E-state index contributed by atoms with van der Waals surface area (Å²) < 4.78 is 0. The molecule has 2 aromatic carbocycles. The molecular formula is C24H36. The van der Waals surface area contributed by atoms with Gasteiger partial charge >= 0.3 is 0 Å². The molecule has 0 heterocycles. The second kappa shape index (κ2) is 14.8. The third kappa shape index (κ3) is 8.72. The first kappa shape index (κ1) is 22.2. The zero-order chi connectivity index (χ0) is 18.2. The molecule has 2 unspecified atom stereocenters. The van der Waals surface area contributed by atoms with Crippen LogP contribution in [-0.4, -0.2) is 0 Å². The van der Waals surface area contributed by atoms with E-state index >= 15 is 0 Å². The fourth-order valence-corrected chi connectivity index (χ4v) is 2.46. The molecule has 0 aliphatic carbocycles. The molecule has 0 nitrogen and oxygen atoms in total. The number of hydrogen-bond donors (Lipinski definition) is 0. The Balaban J connectivity index is 0.00000123. The second-order valence-electron chi connectivity index (χ2n) is 5.52. The van der Waals surface area contributed by atoms with Crippen LogP contribution in [0.3, 0.4) is 0 Å². The van der Waals surface area contributed by atoms with Crippen LogP contribution in [0.25, 0.3) is 0 Å². The molecule has 0 amide bonds. The zero-order valence-electron chi connectivity index (χ0n) is 16.5. The first-order valence-electron chi connectivity index (χ1n) is 9.54. The summed E-state index contributed by atoms with van der Waals surface area (Å²) in [5, 5.41) is 0. The average Bonchev–Trinajstić information content (AvgIpc) is 2.69. The lowest BCUT2D eigenvalue weighted by atomic mass is 9.95. The second-order valence-corrected chi connectivity index (χ2v) is 5.52. The van der Waals surface area contributed by atoms with E-state index in [4.69, 9.17) is 0 Å². The highest BCUT2D eigenvalue weighted by Crippen LogP contribution is 2.21. The quantitative estimate of drug-likeness (QED) is 0.472. The van der Waals surface area contributed by atoms with Crippen molar-refractivity contribution in [3.63, 3.8) is 0 Å². The van der Waals surface area contributed by atoms with Gasteiger partial charge in [-0.1, -0.05) is 114 Å². The monoisotopic (exact) mass is 324 g/mol. The zero-order valence-corrected chi connectivity index (χ0v) is 16.5. The van der Waals surface area contributed by atoms with Gasteiger partial charge in [-0.15, -0.1) is 0 Å². The third-order valence-corrected chi connectivity index (χ3v) is 3.89. The van der Waals surface area contributed by atoms with Crippen LogP contribution < -0.4 is 0 Å². The van der Waals surface area contributed by atoms with E-state index < -0.39 is 0 Å². The Bertz CT molecular complexity index is 510. The SMILES string of the molecule is CC.CC.CC(/C=C/CCC(C)c1ccccc1)c1ccccc1. The Morgan fingerprint density at radius 2 is 1.17 bits per heavy atom. The van der Waals surface area contributed by atoms with E-state index in [0.717, 1.165) is 6.42 Å². The number of allylic oxidation sites excluding steroid dienone is 2. The van der Waals surface area contributed by atoms with E-state index in [0.29, 0.717) is 11.8 Å². The van der Waals surface area contributed by atoms with Crippen LogP contribution in [0, 0.1) is 0 Å². The molecule has 0 aliphatic rings. The van der Waals surface area contributed by atoms with Crippen molar-refractivity contribution in [2.75, 3.05) is 0 Å². The van der Waals surface area contributed by atoms with Gasteiger partial charge in [0.25, 0.3) is 0 Å². The Morgan fingerprint density at radius 3 is 1.67 bits per heavy atom. The molecule has 0 fully saturated rings. The summed E-state index contributed by atoms with van der Waals surface area (Å²) in [4.78, 5) is 0. The van der Waals surface area contributed by atoms with Gasteiger partial charge in [-0.2, -0.15) is 0 Å². The van der Waals surface area contributed by atoms with E-state index in [-0.39, 0.29) is 0 Å². The van der Waals surface area contributed by atoms with Crippen molar-refractivity contribution in [3.8, 4) is 0 Å². The molecule has 0 bridgehead atoms. The highest BCUT2D eigenvalue weighted by atomic mass is 14.1. The smallest absolute Gasteiger partial charge is 0.00104 e. The summed E-state index contributed by atoms with van der Waals surface area (Å²) in [6, 6.07) is 21.5. The molecule has 0 spiro atoms. The van der Waals surface area contributed by atoms with Gasteiger partial charge in [-0.25, -0.2) is 0 Å². The van der Waals surface area contributed by atoms with Crippen LogP contribution >= 0.6 is 0 Å². The topological polar surface area (TPSA) is 0 Å². The molecule has 0 N–H and O–H groups in total. The first-order chi connectivity index (χ1) is 11.8. The van der Waals surface area contributed by atoms with Gasteiger partial charge in [0.2, 0.25) is 0 Å². The minimum absolute atomic E-state index is 0.503. The van der Waals surface area contributed by atoms with Crippen molar-refractivity contribution in [1.29, 1.82) is 0 Å². The molecule has 0 saturated carbocycles. The Labute approximate surface area is 150 Å². The lowest BCUT2D eigenvalue weighted by Crippen LogP contribution is -1.92. The van der Waals surface area contributed by atoms with Crippen molar-refractivity contribution >= 4 is 0 Å². The molecule has 0 aliphatic heterocycles. The van der Waals surface area contributed by atoms with Crippen molar-refractivity contribution < 1.29 is 0 Å². The largest absolute Gasteiger partial charge is 0.0879 e. The van der Waals surface area contributed by atoms with Crippen LogP contribution in [0.2, 0.25) is 0 Å². The van der Waals surface area contributed by atoms with Gasteiger partial charge < -0.3 is 0 Å². The van der Waals surface area contributed by atoms with Crippen molar-refractivity contribution in [2.45, 2.75) is 66.2 Å². The maximum atomic E-state index is 2.33. The minimum atomic E-state index is 0.503. The van der Waals surface area contributed by atoms with Crippen molar-refractivity contribution in [2.24, 2.45) is 0 Å².